The minimum Gasteiger partial charge on any atom is -0.550 e. The van der Waals surface area contributed by atoms with Crippen LogP contribution < -0.4 is 5.11 Å². The monoisotopic (exact) mass is 169 g/mol. The molecule has 0 heterocycles. The van der Waals surface area contributed by atoms with Gasteiger partial charge in [-0.15, -0.1) is 0 Å². The maximum absolute atomic E-state index is 12.8. The summed E-state index contributed by atoms with van der Waals surface area (Å²) in [5.74, 6) is -2.31. The number of carbonyl (C=O) groups excluding carboxylic acids is 1. The molecule has 3 nitrogen and oxygen atoms in total. The molecule has 0 radical (unpaired) electrons. The van der Waals surface area contributed by atoms with Gasteiger partial charge in [-0.1, -0.05) is 6.07 Å². The number of phenolic OH excluding ortho intramolecular Hbond substituents is 1. The second-order valence-electron chi connectivity index (χ2n) is 2.32. The average molecular weight is 169 g/mol. The molecule has 0 bridgehead atoms. The van der Waals surface area contributed by atoms with E-state index < -0.39 is 18.2 Å². The Morgan fingerprint density at radius 2 is 2.25 bits per heavy atom. The molecule has 0 aliphatic carbocycles. The lowest BCUT2D eigenvalue weighted by atomic mass is 10.1. The lowest BCUT2D eigenvalue weighted by Crippen LogP contribution is -2.24. The topological polar surface area (TPSA) is 60.4 Å². The number of hydrogen-bond donors (Lipinski definition) is 1. The first-order valence-electron chi connectivity index (χ1n) is 3.27. The Hall–Kier alpha value is -1.58. The van der Waals surface area contributed by atoms with Gasteiger partial charge in [0, 0.05) is 18.5 Å². The molecule has 4 heteroatoms. The third-order valence-electron chi connectivity index (χ3n) is 1.37. The fraction of sp³-hybridized carbons (Fsp3) is 0.125. The quantitative estimate of drug-likeness (QED) is 0.668. The van der Waals surface area contributed by atoms with Crippen LogP contribution in [0.25, 0.3) is 0 Å². The molecule has 0 spiro atoms. The number of halogens is 1. The summed E-state index contributed by atoms with van der Waals surface area (Å²) in [6.45, 7) is 0. The summed E-state index contributed by atoms with van der Waals surface area (Å²) >= 11 is 0. The number of phenols is 1. The van der Waals surface area contributed by atoms with Crippen LogP contribution in [0.5, 0.6) is 5.75 Å². The van der Waals surface area contributed by atoms with Crippen molar-refractivity contribution < 1.29 is 19.4 Å². The zero-order valence-corrected chi connectivity index (χ0v) is 6.08. The van der Waals surface area contributed by atoms with Crippen molar-refractivity contribution in [1.29, 1.82) is 0 Å². The van der Waals surface area contributed by atoms with Gasteiger partial charge >= 0.3 is 0 Å². The van der Waals surface area contributed by atoms with Crippen molar-refractivity contribution >= 4 is 5.97 Å². The van der Waals surface area contributed by atoms with E-state index in [1.807, 2.05) is 0 Å². The highest BCUT2D eigenvalue weighted by Gasteiger charge is 2.02. The lowest BCUT2D eigenvalue weighted by molar-refractivity contribution is -0.304. The standard InChI is InChI=1S/C8H7FO3/c9-7-4-6(10)2-1-5(7)3-8(11)12/h1-2,4,10H,3H2,(H,11,12)/p-1. The van der Waals surface area contributed by atoms with Crippen LogP contribution in [0.4, 0.5) is 4.39 Å². The molecule has 64 valence electrons. The van der Waals surface area contributed by atoms with Gasteiger partial charge in [0.05, 0.1) is 0 Å². The van der Waals surface area contributed by atoms with Gasteiger partial charge in [-0.25, -0.2) is 4.39 Å². The van der Waals surface area contributed by atoms with Crippen molar-refractivity contribution in [2.45, 2.75) is 6.42 Å². The van der Waals surface area contributed by atoms with E-state index in [0.717, 1.165) is 6.07 Å². The summed E-state index contributed by atoms with van der Waals surface area (Å²) in [6.07, 6.45) is -0.480. The molecule has 0 amide bonds. The second-order valence-corrected chi connectivity index (χ2v) is 2.32. The van der Waals surface area contributed by atoms with E-state index in [9.17, 15) is 14.3 Å². The third-order valence-corrected chi connectivity index (χ3v) is 1.37. The highest BCUT2D eigenvalue weighted by Crippen LogP contribution is 2.14. The van der Waals surface area contributed by atoms with Gasteiger partial charge in [0.1, 0.15) is 11.6 Å². The molecular formula is C8H6FO3-. The van der Waals surface area contributed by atoms with Crippen LogP contribution in [-0.2, 0) is 11.2 Å². The van der Waals surface area contributed by atoms with Crippen molar-refractivity contribution in [2.75, 3.05) is 0 Å². The molecule has 1 N–H and O–H groups in total. The third kappa shape index (κ3) is 1.95. The van der Waals surface area contributed by atoms with E-state index >= 15 is 0 Å². The Labute approximate surface area is 68.1 Å². The molecule has 1 rings (SSSR count). The van der Waals surface area contributed by atoms with Crippen molar-refractivity contribution in [2.24, 2.45) is 0 Å². The van der Waals surface area contributed by atoms with Gasteiger partial charge < -0.3 is 15.0 Å². The maximum Gasteiger partial charge on any atom is 0.130 e. The second kappa shape index (κ2) is 3.21. The molecule has 0 atom stereocenters. The van der Waals surface area contributed by atoms with Crippen LogP contribution >= 0.6 is 0 Å². The number of aliphatic carboxylic acids is 1. The van der Waals surface area contributed by atoms with Gasteiger partial charge in [0.15, 0.2) is 0 Å². The minimum atomic E-state index is -1.35. The van der Waals surface area contributed by atoms with E-state index in [2.05, 4.69) is 0 Å². The Balaban J connectivity index is 2.93. The number of benzene rings is 1. The van der Waals surface area contributed by atoms with Crippen LogP contribution in [0.15, 0.2) is 18.2 Å². The molecule has 0 unspecified atom stereocenters. The largest absolute Gasteiger partial charge is 0.550 e. The SMILES string of the molecule is O=C([O-])Cc1ccc(O)cc1F. The van der Waals surface area contributed by atoms with Gasteiger partial charge in [-0.3, -0.25) is 0 Å². The Kier molecular flexibility index (Phi) is 2.28. The van der Waals surface area contributed by atoms with E-state index in [-0.39, 0.29) is 11.3 Å². The first-order chi connectivity index (χ1) is 5.59. The maximum atomic E-state index is 12.8. The van der Waals surface area contributed by atoms with Crippen LogP contribution in [0.1, 0.15) is 5.56 Å². The molecule has 0 aliphatic heterocycles. The van der Waals surface area contributed by atoms with E-state index in [1.54, 1.807) is 0 Å². The highest BCUT2D eigenvalue weighted by atomic mass is 19.1. The molecular weight excluding hydrogens is 163 g/mol. The van der Waals surface area contributed by atoms with Gasteiger partial charge in [-0.2, -0.15) is 0 Å². The van der Waals surface area contributed by atoms with Crippen molar-refractivity contribution in [3.8, 4) is 5.75 Å². The Morgan fingerprint density at radius 3 is 2.75 bits per heavy atom. The molecule has 0 saturated heterocycles. The molecule has 1 aromatic carbocycles. The minimum absolute atomic E-state index is 0.00722. The summed E-state index contributed by atoms with van der Waals surface area (Å²) in [5, 5.41) is 18.8. The van der Waals surface area contributed by atoms with Crippen LogP contribution in [0.2, 0.25) is 0 Å². The predicted molar refractivity (Wildman–Crippen MR) is 36.8 cm³/mol. The molecule has 0 fully saturated rings. The zero-order chi connectivity index (χ0) is 9.14. The predicted octanol–water partition coefficient (Wildman–Crippen LogP) is -0.176. The van der Waals surface area contributed by atoms with E-state index in [1.165, 1.54) is 12.1 Å². The number of rotatable bonds is 2. The van der Waals surface area contributed by atoms with Crippen molar-refractivity contribution in [1.82, 2.24) is 0 Å². The van der Waals surface area contributed by atoms with Gasteiger partial charge in [0.2, 0.25) is 0 Å². The van der Waals surface area contributed by atoms with E-state index in [0.29, 0.717) is 0 Å². The first-order valence-corrected chi connectivity index (χ1v) is 3.27. The fourth-order valence-corrected chi connectivity index (χ4v) is 0.835. The zero-order valence-electron chi connectivity index (χ0n) is 6.08. The van der Waals surface area contributed by atoms with Crippen LogP contribution in [0, 0.1) is 5.82 Å². The number of carboxylic acids is 1. The number of hydrogen-bond acceptors (Lipinski definition) is 3. The number of aromatic hydroxyl groups is 1. The summed E-state index contributed by atoms with van der Waals surface area (Å²) in [6, 6.07) is 3.29. The Bertz CT molecular complexity index is 309. The molecule has 12 heavy (non-hydrogen) atoms. The summed E-state index contributed by atoms with van der Waals surface area (Å²) in [4.78, 5) is 10.1. The molecule has 0 aliphatic rings. The van der Waals surface area contributed by atoms with E-state index in [4.69, 9.17) is 5.11 Å². The molecule has 1 aromatic rings. The summed E-state index contributed by atoms with van der Waals surface area (Å²) in [7, 11) is 0. The van der Waals surface area contributed by atoms with Gasteiger partial charge in [-0.05, 0) is 11.6 Å². The Morgan fingerprint density at radius 1 is 1.58 bits per heavy atom. The molecule has 0 aromatic heterocycles. The first kappa shape index (κ1) is 8.52. The normalized spacial score (nSPS) is 9.75. The number of carboxylic acid groups (broad SMARTS) is 1. The smallest absolute Gasteiger partial charge is 0.130 e. The summed E-state index contributed by atoms with van der Waals surface area (Å²) < 4.78 is 12.8. The summed E-state index contributed by atoms with van der Waals surface area (Å²) in [5.41, 5.74) is 0.00722. The average Bonchev–Trinajstić information content (AvgIpc) is 1.94. The van der Waals surface area contributed by atoms with Crippen molar-refractivity contribution in [3.63, 3.8) is 0 Å². The number of carbonyl (C=O) groups is 1. The lowest BCUT2D eigenvalue weighted by Gasteiger charge is -2.03. The van der Waals surface area contributed by atoms with Crippen molar-refractivity contribution in [3.05, 3.63) is 29.6 Å². The fourth-order valence-electron chi connectivity index (χ4n) is 0.835. The van der Waals surface area contributed by atoms with Crippen LogP contribution in [0.3, 0.4) is 0 Å². The molecule has 0 saturated carbocycles. The highest BCUT2D eigenvalue weighted by molar-refractivity contribution is 5.68. The van der Waals surface area contributed by atoms with Gasteiger partial charge in [0.25, 0.3) is 0 Å². The van der Waals surface area contributed by atoms with Crippen LogP contribution in [-0.4, -0.2) is 11.1 Å².